The van der Waals surface area contributed by atoms with Gasteiger partial charge in [0.15, 0.2) is 16.3 Å². The highest BCUT2D eigenvalue weighted by atomic mass is 35.5. The van der Waals surface area contributed by atoms with Crippen molar-refractivity contribution < 1.29 is 31.9 Å². The number of furan rings is 1. The van der Waals surface area contributed by atoms with Gasteiger partial charge in [0.1, 0.15) is 11.5 Å². The second kappa shape index (κ2) is 11.0. The molecule has 3 heterocycles. The first-order valence-corrected chi connectivity index (χ1v) is 13.4. The minimum Gasteiger partial charge on any atom is -0.463 e. The van der Waals surface area contributed by atoms with Gasteiger partial charge in [-0.1, -0.05) is 59.3 Å². The van der Waals surface area contributed by atoms with Gasteiger partial charge in [0.05, 0.1) is 22.8 Å². The van der Waals surface area contributed by atoms with Crippen LogP contribution in [-0.2, 0) is 9.53 Å². The van der Waals surface area contributed by atoms with Crippen molar-refractivity contribution >= 4 is 40.8 Å². The van der Waals surface area contributed by atoms with E-state index < -0.39 is 35.0 Å². The van der Waals surface area contributed by atoms with Gasteiger partial charge >= 0.3 is 12.1 Å². The van der Waals surface area contributed by atoms with Gasteiger partial charge in [-0.05, 0) is 43.7 Å². The lowest BCUT2D eigenvalue weighted by atomic mass is 9.95. The lowest BCUT2D eigenvalue weighted by molar-refractivity contribution is -0.140. The molecule has 2 aromatic heterocycles. The van der Waals surface area contributed by atoms with Gasteiger partial charge in [-0.15, -0.1) is 0 Å². The second-order valence-electron chi connectivity index (χ2n) is 8.95. The first-order valence-electron chi connectivity index (χ1n) is 12.2. The highest BCUT2D eigenvalue weighted by molar-refractivity contribution is 7.07. The zero-order chi connectivity index (χ0) is 29.5. The number of rotatable bonds is 6. The molecule has 1 aliphatic heterocycles. The number of aromatic nitrogens is 1. The van der Waals surface area contributed by atoms with Crippen LogP contribution in [0, 0.1) is 0 Å². The molecule has 0 radical (unpaired) electrons. The van der Waals surface area contributed by atoms with Crippen LogP contribution in [0.15, 0.2) is 86.1 Å². The number of hydrogen-bond acceptors (Lipinski definition) is 7. The number of nitrogens with zero attached hydrogens (tertiary/aromatic N) is 2. The fraction of sp³-hybridized carbons (Fsp3) is 0.172. The van der Waals surface area contributed by atoms with Gasteiger partial charge in [-0.25, -0.2) is 9.79 Å². The van der Waals surface area contributed by atoms with Crippen LogP contribution in [0.1, 0.15) is 41.6 Å². The summed E-state index contributed by atoms with van der Waals surface area (Å²) < 4.78 is 54.6. The molecule has 2 aromatic carbocycles. The Morgan fingerprint density at radius 2 is 1.78 bits per heavy atom. The van der Waals surface area contributed by atoms with Crippen LogP contribution in [0.4, 0.5) is 13.2 Å². The van der Waals surface area contributed by atoms with Crippen LogP contribution >= 0.6 is 22.9 Å². The fourth-order valence-electron chi connectivity index (χ4n) is 4.38. The van der Waals surface area contributed by atoms with Gasteiger partial charge in [-0.2, -0.15) is 13.2 Å². The average molecular weight is 601 g/mol. The molecule has 0 saturated carbocycles. The number of allylic oxidation sites excluding steroid dienone is 1. The third-order valence-corrected chi connectivity index (χ3v) is 7.49. The minimum absolute atomic E-state index is 0.0437. The normalized spacial score (nSPS) is 15.5. The van der Waals surface area contributed by atoms with E-state index in [1.807, 2.05) is 0 Å². The molecule has 0 saturated heterocycles. The lowest BCUT2D eigenvalue weighted by Crippen LogP contribution is -2.41. The first-order chi connectivity index (χ1) is 19.5. The second-order valence-corrected chi connectivity index (χ2v) is 10.4. The van der Waals surface area contributed by atoms with Gasteiger partial charge < -0.3 is 9.15 Å². The van der Waals surface area contributed by atoms with Crippen LogP contribution in [0.3, 0.4) is 0 Å². The number of Topliss-reactive ketones (excluding diaryl/α,β-unsaturated/α-hetero) is 1. The SMILES string of the molecule is CCOC(=O)C1=C(C(F)(F)F)N=c2s/c(=C\c3ccc(-c4ccc(C(C)=O)cc4)o3)c(=O)n2[C@H]1c1ccc(Cl)cc1. The molecular weight excluding hydrogens is 581 g/mol. The summed E-state index contributed by atoms with van der Waals surface area (Å²) in [6, 6.07) is 14.4. The van der Waals surface area contributed by atoms with Crippen molar-refractivity contribution in [3.63, 3.8) is 0 Å². The van der Waals surface area contributed by atoms with Crippen molar-refractivity contribution in [2.45, 2.75) is 26.1 Å². The van der Waals surface area contributed by atoms with Crippen molar-refractivity contribution in [1.82, 2.24) is 4.57 Å². The van der Waals surface area contributed by atoms with E-state index in [2.05, 4.69) is 4.99 Å². The molecule has 7 nitrogen and oxygen atoms in total. The zero-order valence-corrected chi connectivity index (χ0v) is 23.1. The van der Waals surface area contributed by atoms with Crippen LogP contribution in [0.25, 0.3) is 17.4 Å². The summed E-state index contributed by atoms with van der Waals surface area (Å²) in [6.45, 7) is 2.75. The maximum absolute atomic E-state index is 14.2. The highest BCUT2D eigenvalue weighted by Crippen LogP contribution is 2.38. The van der Waals surface area contributed by atoms with Gasteiger partial charge in [0.25, 0.3) is 5.56 Å². The van der Waals surface area contributed by atoms with E-state index >= 15 is 0 Å². The molecule has 5 rings (SSSR count). The molecule has 4 aromatic rings. The van der Waals surface area contributed by atoms with E-state index in [0.29, 0.717) is 21.9 Å². The van der Waals surface area contributed by atoms with Crippen molar-refractivity contribution in [3.8, 4) is 11.3 Å². The van der Waals surface area contributed by atoms with Crippen LogP contribution < -0.4 is 14.9 Å². The van der Waals surface area contributed by atoms with Gasteiger partial charge in [-0.3, -0.25) is 14.2 Å². The Bertz CT molecular complexity index is 1870. The van der Waals surface area contributed by atoms with E-state index in [-0.39, 0.29) is 33.0 Å². The predicted molar refractivity (Wildman–Crippen MR) is 146 cm³/mol. The third-order valence-electron chi connectivity index (χ3n) is 6.26. The Morgan fingerprint density at radius 3 is 2.39 bits per heavy atom. The van der Waals surface area contributed by atoms with Gasteiger partial charge in [0.2, 0.25) is 0 Å². The standard InChI is InChI=1S/C29H20ClF3N2O5S/c1-3-39-27(38)23-24(18-8-10-19(30)11-9-18)35-26(37)22(41-28(35)34-25(23)29(31,32)33)14-20-12-13-21(40-20)17-6-4-16(5-7-17)15(2)36/h4-14,24H,3H2,1-2H3/b22-14-/t24-/m0/s1. The smallest absolute Gasteiger partial charge is 0.434 e. The van der Waals surface area contributed by atoms with Gasteiger partial charge in [0, 0.05) is 22.2 Å². The summed E-state index contributed by atoms with van der Waals surface area (Å²) >= 11 is 6.73. The molecule has 12 heteroatoms. The minimum atomic E-state index is -5.00. The third kappa shape index (κ3) is 5.55. The number of benzene rings is 2. The topological polar surface area (TPSA) is 90.9 Å². The van der Waals surface area contributed by atoms with E-state index in [4.69, 9.17) is 20.8 Å². The summed E-state index contributed by atoms with van der Waals surface area (Å²) in [4.78, 5) is 41.6. The number of carbonyl (C=O) groups excluding carboxylic acids is 2. The summed E-state index contributed by atoms with van der Waals surface area (Å²) in [7, 11) is 0. The molecular formula is C29H20ClF3N2O5S. The summed E-state index contributed by atoms with van der Waals surface area (Å²) in [5, 5.41) is 0.323. The van der Waals surface area contributed by atoms with E-state index in [9.17, 15) is 27.6 Å². The Balaban J connectivity index is 1.66. The molecule has 1 atom stereocenters. The quantitative estimate of drug-likeness (QED) is 0.217. The number of alkyl halides is 3. The number of hydrogen-bond donors (Lipinski definition) is 0. The Hall–Kier alpha value is -4.22. The summed E-state index contributed by atoms with van der Waals surface area (Å²) in [5.74, 6) is -0.584. The number of carbonyl (C=O) groups is 2. The van der Waals surface area contributed by atoms with Crippen molar-refractivity contribution in [2.24, 2.45) is 4.99 Å². The lowest BCUT2D eigenvalue weighted by Gasteiger charge is -2.26. The van der Waals surface area contributed by atoms with E-state index in [0.717, 1.165) is 15.9 Å². The highest BCUT2D eigenvalue weighted by Gasteiger charge is 2.45. The fourth-order valence-corrected chi connectivity index (χ4v) is 5.49. The van der Waals surface area contributed by atoms with Crippen molar-refractivity contribution in [3.05, 3.63) is 114 Å². The molecule has 0 aliphatic carbocycles. The summed E-state index contributed by atoms with van der Waals surface area (Å²) in [6.07, 6.45) is -3.60. The monoisotopic (exact) mass is 600 g/mol. The molecule has 0 unspecified atom stereocenters. The predicted octanol–water partition coefficient (Wildman–Crippen LogP) is 5.46. The van der Waals surface area contributed by atoms with Crippen molar-refractivity contribution in [1.29, 1.82) is 0 Å². The maximum Gasteiger partial charge on any atom is 0.434 e. The number of ketones is 1. The van der Waals surface area contributed by atoms with Crippen LogP contribution in [-0.4, -0.2) is 29.1 Å². The maximum atomic E-state index is 14.2. The van der Waals surface area contributed by atoms with Crippen molar-refractivity contribution in [2.75, 3.05) is 6.61 Å². The van der Waals surface area contributed by atoms with Crippen LogP contribution in [0.5, 0.6) is 0 Å². The Morgan fingerprint density at radius 1 is 1.10 bits per heavy atom. The molecule has 0 N–H and O–H groups in total. The largest absolute Gasteiger partial charge is 0.463 e. The molecule has 0 bridgehead atoms. The first kappa shape index (κ1) is 28.3. The Labute approximate surface area is 239 Å². The molecule has 0 spiro atoms. The molecule has 1 aliphatic rings. The zero-order valence-electron chi connectivity index (χ0n) is 21.5. The van der Waals surface area contributed by atoms with E-state index in [1.54, 1.807) is 36.4 Å². The number of ether oxygens (including phenoxy) is 1. The number of fused-ring (bicyclic) bond motifs is 1. The van der Waals surface area contributed by atoms with Crippen LogP contribution in [0.2, 0.25) is 5.02 Å². The Kier molecular flexibility index (Phi) is 7.58. The molecule has 41 heavy (non-hydrogen) atoms. The molecule has 210 valence electrons. The average Bonchev–Trinajstić information content (AvgIpc) is 3.52. The number of thiazole rings is 1. The number of halogens is 4. The summed E-state index contributed by atoms with van der Waals surface area (Å²) in [5.41, 5.74) is -1.45. The number of esters is 1. The van der Waals surface area contributed by atoms with E-state index in [1.165, 1.54) is 44.2 Å². The molecule has 0 fully saturated rings. The molecule has 0 amide bonds.